The Hall–Kier alpha value is -3.90. The van der Waals surface area contributed by atoms with Crippen LogP contribution in [0.15, 0.2) is 84.2 Å². The third kappa shape index (κ3) is 4.52. The second-order valence-electron chi connectivity index (χ2n) is 7.76. The number of fused-ring (bicyclic) bond motifs is 1. The van der Waals surface area contributed by atoms with Crippen LogP contribution >= 0.6 is 11.3 Å². The smallest absolute Gasteiger partial charge is 0.252 e. The molecule has 6 heteroatoms. The van der Waals surface area contributed by atoms with Crippen LogP contribution in [0.2, 0.25) is 0 Å². The number of amides is 1. The number of aromatic nitrogens is 2. The zero-order chi connectivity index (χ0) is 22.8. The van der Waals surface area contributed by atoms with Gasteiger partial charge < -0.3 is 5.32 Å². The second kappa shape index (κ2) is 8.92. The Bertz CT molecular complexity index is 1450. The van der Waals surface area contributed by atoms with E-state index in [-0.39, 0.29) is 5.91 Å². The highest BCUT2D eigenvalue weighted by molar-refractivity contribution is 7.13. The number of pyridine rings is 1. The minimum Gasteiger partial charge on any atom is -0.348 e. The maximum absolute atomic E-state index is 13.7. The van der Waals surface area contributed by atoms with Gasteiger partial charge in [-0.15, -0.1) is 11.3 Å². The number of halogens is 1. The van der Waals surface area contributed by atoms with Crippen LogP contribution in [0.1, 0.15) is 21.6 Å². The van der Waals surface area contributed by atoms with Gasteiger partial charge in [0.1, 0.15) is 10.8 Å². The highest BCUT2D eigenvalue weighted by Crippen LogP contribution is 2.29. The third-order valence-corrected chi connectivity index (χ3v) is 6.26. The van der Waals surface area contributed by atoms with Crippen molar-refractivity contribution in [2.75, 3.05) is 0 Å². The molecule has 0 fully saturated rings. The maximum Gasteiger partial charge on any atom is 0.252 e. The molecule has 0 unspecified atom stereocenters. The van der Waals surface area contributed by atoms with Gasteiger partial charge in [0.2, 0.25) is 0 Å². The predicted octanol–water partition coefficient (Wildman–Crippen LogP) is 6.40. The lowest BCUT2D eigenvalue weighted by atomic mass is 10.1. The Morgan fingerprint density at radius 2 is 1.73 bits per heavy atom. The Morgan fingerprint density at radius 1 is 0.939 bits per heavy atom. The van der Waals surface area contributed by atoms with Crippen molar-refractivity contribution in [1.82, 2.24) is 15.3 Å². The molecular weight excluding hydrogens is 433 g/mol. The van der Waals surface area contributed by atoms with Crippen molar-refractivity contribution >= 4 is 28.1 Å². The molecule has 0 aliphatic heterocycles. The van der Waals surface area contributed by atoms with Gasteiger partial charge in [-0.3, -0.25) is 9.78 Å². The summed E-state index contributed by atoms with van der Waals surface area (Å²) in [6.45, 7) is 2.19. The summed E-state index contributed by atoms with van der Waals surface area (Å²) in [4.78, 5) is 22.0. The minimum atomic E-state index is -0.393. The van der Waals surface area contributed by atoms with E-state index >= 15 is 0 Å². The average molecular weight is 454 g/mol. The molecule has 5 aromatic rings. The summed E-state index contributed by atoms with van der Waals surface area (Å²) in [5.74, 6) is -0.650. The number of aryl methyl sites for hydroxylation is 1. The molecular formula is C27H20FN3OS. The summed E-state index contributed by atoms with van der Waals surface area (Å²) in [7, 11) is 0. The van der Waals surface area contributed by atoms with E-state index in [0.717, 1.165) is 27.4 Å². The largest absolute Gasteiger partial charge is 0.348 e. The minimum absolute atomic E-state index is 0.257. The number of nitrogens with zero attached hydrogens (tertiary/aromatic N) is 2. The summed E-state index contributed by atoms with van der Waals surface area (Å²) in [6, 6.07) is 24.1. The van der Waals surface area contributed by atoms with Crippen LogP contribution in [-0.4, -0.2) is 15.9 Å². The number of rotatable bonds is 5. The van der Waals surface area contributed by atoms with E-state index in [9.17, 15) is 9.18 Å². The van der Waals surface area contributed by atoms with Gasteiger partial charge in [0, 0.05) is 34.1 Å². The van der Waals surface area contributed by atoms with E-state index in [2.05, 4.69) is 15.7 Å². The number of nitrogens with one attached hydrogen (secondary N) is 1. The molecule has 1 amide bonds. The van der Waals surface area contributed by atoms with Gasteiger partial charge in [-0.25, -0.2) is 9.37 Å². The first-order valence-corrected chi connectivity index (χ1v) is 11.4. The van der Waals surface area contributed by atoms with Gasteiger partial charge in [0.05, 0.1) is 16.8 Å². The van der Waals surface area contributed by atoms with Crippen LogP contribution < -0.4 is 5.32 Å². The topological polar surface area (TPSA) is 54.9 Å². The van der Waals surface area contributed by atoms with Crippen molar-refractivity contribution in [1.29, 1.82) is 0 Å². The van der Waals surface area contributed by atoms with Crippen molar-refractivity contribution in [3.8, 4) is 21.8 Å². The Labute approximate surface area is 194 Å². The van der Waals surface area contributed by atoms with Crippen molar-refractivity contribution in [3.63, 3.8) is 0 Å². The van der Waals surface area contributed by atoms with Crippen LogP contribution in [0.5, 0.6) is 0 Å². The van der Waals surface area contributed by atoms with Crippen LogP contribution in [0.3, 0.4) is 0 Å². The van der Waals surface area contributed by atoms with Gasteiger partial charge >= 0.3 is 0 Å². The van der Waals surface area contributed by atoms with Gasteiger partial charge in [-0.05, 0) is 36.8 Å². The highest BCUT2D eigenvalue weighted by Gasteiger charge is 2.13. The molecule has 5 rings (SSSR count). The zero-order valence-electron chi connectivity index (χ0n) is 17.9. The normalized spacial score (nSPS) is 11.0. The van der Waals surface area contributed by atoms with Crippen LogP contribution in [-0.2, 0) is 6.54 Å². The van der Waals surface area contributed by atoms with E-state index in [1.807, 2.05) is 61.5 Å². The fourth-order valence-electron chi connectivity index (χ4n) is 3.71. The van der Waals surface area contributed by atoms with Crippen molar-refractivity contribution in [2.45, 2.75) is 13.5 Å². The molecule has 0 bridgehead atoms. The molecule has 0 aliphatic rings. The van der Waals surface area contributed by atoms with Crippen LogP contribution in [0, 0.1) is 12.7 Å². The molecule has 2 heterocycles. The summed E-state index contributed by atoms with van der Waals surface area (Å²) >= 11 is 1.61. The van der Waals surface area contributed by atoms with E-state index < -0.39 is 5.82 Å². The lowest BCUT2D eigenvalue weighted by Crippen LogP contribution is -2.23. The molecule has 0 radical (unpaired) electrons. The summed E-state index contributed by atoms with van der Waals surface area (Å²) in [5.41, 5.74) is 5.79. The molecule has 0 saturated heterocycles. The lowest BCUT2D eigenvalue weighted by molar-refractivity contribution is 0.0952. The molecule has 2 aromatic heterocycles. The van der Waals surface area contributed by atoms with Gasteiger partial charge in [-0.1, -0.05) is 54.6 Å². The summed E-state index contributed by atoms with van der Waals surface area (Å²) in [6.07, 6.45) is 0. The predicted molar refractivity (Wildman–Crippen MR) is 131 cm³/mol. The fraction of sp³-hybridized carbons (Fsp3) is 0.0741. The number of benzene rings is 3. The SMILES string of the molecule is Cc1cc(C(=O)NCc2ccc(-c3nc(-c4ccccc4)cs3)cc2)c2cc(F)ccc2n1. The summed E-state index contributed by atoms with van der Waals surface area (Å²) in [5, 5.41) is 6.45. The molecule has 0 spiro atoms. The van der Waals surface area contributed by atoms with Gasteiger partial charge in [0.25, 0.3) is 5.91 Å². The van der Waals surface area contributed by atoms with Gasteiger partial charge in [0.15, 0.2) is 0 Å². The standard InChI is InChI=1S/C27H20FN3OS/c1-17-13-23(22-14-21(28)11-12-24(22)30-17)26(32)29-15-18-7-9-20(10-8-18)27-31-25(16-33-27)19-5-3-2-4-6-19/h2-14,16H,15H2,1H3,(H,29,32). The Morgan fingerprint density at radius 3 is 2.52 bits per heavy atom. The van der Waals surface area contributed by atoms with Crippen molar-refractivity contribution in [3.05, 3.63) is 107 Å². The quantitative estimate of drug-likeness (QED) is 0.335. The van der Waals surface area contributed by atoms with E-state index in [4.69, 9.17) is 4.98 Å². The van der Waals surface area contributed by atoms with Crippen molar-refractivity contribution < 1.29 is 9.18 Å². The molecule has 4 nitrogen and oxygen atoms in total. The lowest BCUT2D eigenvalue weighted by Gasteiger charge is -2.10. The average Bonchev–Trinajstić information content (AvgIpc) is 3.34. The number of hydrogen-bond acceptors (Lipinski definition) is 4. The molecule has 0 saturated carbocycles. The van der Waals surface area contributed by atoms with Crippen molar-refractivity contribution in [2.24, 2.45) is 0 Å². The third-order valence-electron chi connectivity index (χ3n) is 5.37. The van der Waals surface area contributed by atoms with Crippen LogP contribution in [0.25, 0.3) is 32.7 Å². The second-order valence-corrected chi connectivity index (χ2v) is 8.61. The highest BCUT2D eigenvalue weighted by atomic mass is 32.1. The fourth-order valence-corrected chi connectivity index (χ4v) is 4.54. The van der Waals surface area contributed by atoms with E-state index in [0.29, 0.717) is 28.7 Å². The number of carbonyl (C=O) groups is 1. The summed E-state index contributed by atoms with van der Waals surface area (Å²) < 4.78 is 13.7. The first-order valence-electron chi connectivity index (χ1n) is 10.5. The molecule has 3 aromatic carbocycles. The van der Waals surface area contributed by atoms with E-state index in [1.54, 1.807) is 23.5 Å². The molecule has 33 heavy (non-hydrogen) atoms. The Balaban J connectivity index is 1.30. The molecule has 0 atom stereocenters. The number of thiazole rings is 1. The Kier molecular flexibility index (Phi) is 5.67. The zero-order valence-corrected chi connectivity index (χ0v) is 18.7. The number of carbonyl (C=O) groups excluding carboxylic acids is 1. The first kappa shape index (κ1) is 21.0. The maximum atomic E-state index is 13.7. The first-order chi connectivity index (χ1) is 16.1. The molecule has 162 valence electrons. The van der Waals surface area contributed by atoms with E-state index in [1.165, 1.54) is 12.1 Å². The number of hydrogen-bond donors (Lipinski definition) is 1. The molecule has 0 aliphatic carbocycles. The monoisotopic (exact) mass is 453 g/mol. The molecule has 1 N–H and O–H groups in total. The van der Waals surface area contributed by atoms with Crippen LogP contribution in [0.4, 0.5) is 4.39 Å². The van der Waals surface area contributed by atoms with Gasteiger partial charge in [-0.2, -0.15) is 0 Å².